The van der Waals surface area contributed by atoms with Crippen LogP contribution in [0, 0.1) is 0 Å². The van der Waals surface area contributed by atoms with E-state index in [1.165, 1.54) is 36.5 Å². The molecule has 6 heteroatoms. The highest BCUT2D eigenvalue weighted by molar-refractivity contribution is 5.92. The summed E-state index contributed by atoms with van der Waals surface area (Å²) in [5.41, 5.74) is 0.202. The van der Waals surface area contributed by atoms with E-state index < -0.39 is 11.5 Å². The Bertz CT molecular complexity index is 694. The molecule has 0 heterocycles. The van der Waals surface area contributed by atoms with Crippen molar-refractivity contribution in [2.45, 2.75) is 0 Å². The molecule has 0 aliphatic carbocycles. The molecule has 0 saturated heterocycles. The maximum atomic E-state index is 10.9. The summed E-state index contributed by atoms with van der Waals surface area (Å²) in [5, 5.41) is 37.7. The number of rotatable bonds is 3. The van der Waals surface area contributed by atoms with Gasteiger partial charge in [0.25, 0.3) is 0 Å². The van der Waals surface area contributed by atoms with Crippen molar-refractivity contribution in [1.82, 2.24) is 0 Å². The molecule has 2 aromatic carbocycles. The lowest BCUT2D eigenvalue weighted by atomic mass is 10.1. The highest BCUT2D eigenvalue weighted by Gasteiger charge is 2.10. The van der Waals surface area contributed by atoms with Crippen molar-refractivity contribution in [3.63, 3.8) is 0 Å². The van der Waals surface area contributed by atoms with Gasteiger partial charge < -0.3 is 20.4 Å². The summed E-state index contributed by atoms with van der Waals surface area (Å²) in [7, 11) is 0. The SMILES string of the molecule is O=Cc1c(N=Cc2cc(O)ccc2O)ccc(O)c1O. The number of phenolic OH excluding ortho intramolecular Hbond substituents is 4. The van der Waals surface area contributed by atoms with Gasteiger partial charge in [0.15, 0.2) is 17.8 Å². The molecule has 0 saturated carbocycles. The van der Waals surface area contributed by atoms with Gasteiger partial charge in [-0.3, -0.25) is 9.79 Å². The number of hydrogen-bond acceptors (Lipinski definition) is 6. The van der Waals surface area contributed by atoms with E-state index in [0.29, 0.717) is 6.29 Å². The molecular formula is C14H11NO5. The monoisotopic (exact) mass is 273 g/mol. The lowest BCUT2D eigenvalue weighted by molar-refractivity contribution is 0.112. The molecule has 102 valence electrons. The molecule has 0 radical (unpaired) electrons. The number of hydrogen-bond donors (Lipinski definition) is 4. The van der Waals surface area contributed by atoms with Crippen LogP contribution >= 0.6 is 0 Å². The van der Waals surface area contributed by atoms with Crippen LogP contribution in [0.25, 0.3) is 0 Å². The molecule has 2 rings (SSSR count). The van der Waals surface area contributed by atoms with Gasteiger partial charge in [0.2, 0.25) is 0 Å². The molecule has 0 fully saturated rings. The zero-order valence-electron chi connectivity index (χ0n) is 10.2. The zero-order valence-corrected chi connectivity index (χ0v) is 10.2. The molecule has 0 amide bonds. The van der Waals surface area contributed by atoms with Crippen molar-refractivity contribution in [3.05, 3.63) is 41.5 Å². The summed E-state index contributed by atoms with van der Waals surface area (Å²) < 4.78 is 0. The van der Waals surface area contributed by atoms with Gasteiger partial charge >= 0.3 is 0 Å². The predicted molar refractivity (Wildman–Crippen MR) is 72.2 cm³/mol. The van der Waals surface area contributed by atoms with E-state index in [1.807, 2.05) is 0 Å². The Morgan fingerprint density at radius 3 is 2.35 bits per heavy atom. The van der Waals surface area contributed by atoms with Crippen LogP contribution in [-0.4, -0.2) is 32.9 Å². The summed E-state index contributed by atoms with van der Waals surface area (Å²) in [5.74, 6) is -1.13. The van der Waals surface area contributed by atoms with E-state index >= 15 is 0 Å². The van der Waals surface area contributed by atoms with Gasteiger partial charge in [-0.05, 0) is 30.3 Å². The van der Waals surface area contributed by atoms with Crippen molar-refractivity contribution in [1.29, 1.82) is 0 Å². The molecule has 6 nitrogen and oxygen atoms in total. The number of benzene rings is 2. The third-order valence-corrected chi connectivity index (χ3v) is 2.64. The number of carbonyl (C=O) groups excluding carboxylic acids is 1. The summed E-state index contributed by atoms with van der Waals surface area (Å²) in [6, 6.07) is 6.44. The maximum Gasteiger partial charge on any atom is 0.170 e. The summed E-state index contributed by atoms with van der Waals surface area (Å²) in [6.07, 6.45) is 1.60. The first-order valence-corrected chi connectivity index (χ1v) is 5.59. The standard InChI is InChI=1S/C14H11NO5/c16-7-10-11(2-4-13(19)14(10)20)15-6-8-5-9(17)1-3-12(8)18/h1-7,17-20H. The molecule has 2 aromatic rings. The average Bonchev–Trinajstić information content (AvgIpc) is 2.43. The zero-order chi connectivity index (χ0) is 14.7. The third kappa shape index (κ3) is 2.54. The normalized spacial score (nSPS) is 10.8. The predicted octanol–water partition coefficient (Wildman–Crippen LogP) is 2.07. The minimum Gasteiger partial charge on any atom is -0.508 e. The maximum absolute atomic E-state index is 10.9. The minimum absolute atomic E-state index is 0.0478. The number of aliphatic imine (C=N–C) groups is 1. The Balaban J connectivity index is 2.44. The Labute approximate surface area is 113 Å². The second kappa shape index (κ2) is 5.31. The number of carbonyl (C=O) groups is 1. The third-order valence-electron chi connectivity index (χ3n) is 2.64. The molecular weight excluding hydrogens is 262 g/mol. The first-order valence-electron chi connectivity index (χ1n) is 5.59. The van der Waals surface area contributed by atoms with Crippen molar-refractivity contribution < 1.29 is 25.2 Å². The van der Waals surface area contributed by atoms with Crippen molar-refractivity contribution in [2.24, 2.45) is 4.99 Å². The Kier molecular flexibility index (Phi) is 3.56. The van der Waals surface area contributed by atoms with Crippen LogP contribution < -0.4 is 0 Å². The fourth-order valence-corrected chi connectivity index (χ4v) is 1.60. The van der Waals surface area contributed by atoms with Crippen LogP contribution in [0.3, 0.4) is 0 Å². The summed E-state index contributed by atoms with van der Waals surface area (Å²) in [4.78, 5) is 14.9. The number of nitrogens with zero attached hydrogens (tertiary/aromatic N) is 1. The van der Waals surface area contributed by atoms with Gasteiger partial charge in [-0.2, -0.15) is 0 Å². The molecule has 0 atom stereocenters. The van der Waals surface area contributed by atoms with Gasteiger partial charge in [0.05, 0.1) is 11.3 Å². The molecule has 0 aliphatic rings. The van der Waals surface area contributed by atoms with Crippen LogP contribution in [-0.2, 0) is 0 Å². The van der Waals surface area contributed by atoms with E-state index in [-0.39, 0.29) is 28.3 Å². The number of phenols is 4. The molecule has 0 spiro atoms. The molecule has 0 bridgehead atoms. The highest BCUT2D eigenvalue weighted by atomic mass is 16.3. The average molecular weight is 273 g/mol. The second-order valence-electron chi connectivity index (χ2n) is 3.99. The van der Waals surface area contributed by atoms with E-state index in [4.69, 9.17) is 0 Å². The fraction of sp³-hybridized carbons (Fsp3) is 0. The lowest BCUT2D eigenvalue weighted by Crippen LogP contribution is -1.86. The number of aldehydes is 1. The topological polar surface area (TPSA) is 110 Å². The fourth-order valence-electron chi connectivity index (χ4n) is 1.60. The van der Waals surface area contributed by atoms with Gasteiger partial charge in [-0.25, -0.2) is 0 Å². The summed E-state index contributed by atoms with van der Waals surface area (Å²) >= 11 is 0. The first-order chi connectivity index (χ1) is 9.52. The molecule has 0 aromatic heterocycles. The minimum atomic E-state index is -0.560. The molecule has 0 aliphatic heterocycles. The van der Waals surface area contributed by atoms with E-state index in [9.17, 15) is 25.2 Å². The lowest BCUT2D eigenvalue weighted by Gasteiger charge is -2.04. The van der Waals surface area contributed by atoms with Crippen molar-refractivity contribution in [2.75, 3.05) is 0 Å². The van der Waals surface area contributed by atoms with E-state index in [2.05, 4.69) is 4.99 Å². The van der Waals surface area contributed by atoms with Gasteiger partial charge in [0, 0.05) is 11.8 Å². The van der Waals surface area contributed by atoms with Crippen LogP contribution in [0.1, 0.15) is 15.9 Å². The first kappa shape index (κ1) is 13.4. The van der Waals surface area contributed by atoms with Crippen molar-refractivity contribution in [3.8, 4) is 23.0 Å². The Morgan fingerprint density at radius 1 is 0.950 bits per heavy atom. The molecule has 4 N–H and O–H groups in total. The van der Waals surface area contributed by atoms with Gasteiger partial charge in [-0.1, -0.05) is 0 Å². The van der Waals surface area contributed by atoms with Crippen molar-refractivity contribution >= 4 is 18.2 Å². The van der Waals surface area contributed by atoms with E-state index in [0.717, 1.165) is 0 Å². The quantitative estimate of drug-likeness (QED) is 0.296. The smallest absolute Gasteiger partial charge is 0.170 e. The van der Waals surface area contributed by atoms with Crippen LogP contribution in [0.4, 0.5) is 5.69 Å². The second-order valence-corrected chi connectivity index (χ2v) is 3.99. The van der Waals surface area contributed by atoms with Gasteiger partial charge in [-0.15, -0.1) is 0 Å². The largest absolute Gasteiger partial charge is 0.508 e. The highest BCUT2D eigenvalue weighted by Crippen LogP contribution is 2.34. The van der Waals surface area contributed by atoms with Crippen LogP contribution in [0.5, 0.6) is 23.0 Å². The van der Waals surface area contributed by atoms with Crippen LogP contribution in [0.15, 0.2) is 35.3 Å². The Hall–Kier alpha value is -3.02. The Morgan fingerprint density at radius 2 is 1.65 bits per heavy atom. The van der Waals surface area contributed by atoms with Gasteiger partial charge in [0.1, 0.15) is 11.5 Å². The number of aromatic hydroxyl groups is 4. The van der Waals surface area contributed by atoms with E-state index in [1.54, 1.807) is 0 Å². The van der Waals surface area contributed by atoms with Crippen LogP contribution in [0.2, 0.25) is 0 Å². The molecule has 0 unspecified atom stereocenters. The summed E-state index contributed by atoms with van der Waals surface area (Å²) in [6.45, 7) is 0. The molecule has 20 heavy (non-hydrogen) atoms.